The molecule has 4 aliphatic rings. The molecule has 0 unspecified atom stereocenters. The average Bonchev–Trinajstić information content (AvgIpc) is 3.72. The molecule has 0 radical (unpaired) electrons. The number of fused-ring (bicyclic) bond motifs is 2. The van der Waals surface area contributed by atoms with Crippen molar-refractivity contribution in [2.45, 2.75) is 25.0 Å². The number of Topliss-reactive ketones (excluding diaryl/α,β-unsaturated/α-hetero) is 1. The Balaban J connectivity index is 1.55. The number of hydrogen-bond acceptors (Lipinski definition) is 10. The van der Waals surface area contributed by atoms with Gasteiger partial charge in [0.25, 0.3) is 11.7 Å². The Morgan fingerprint density at radius 1 is 1.03 bits per heavy atom. The summed E-state index contributed by atoms with van der Waals surface area (Å²) in [4.78, 5) is 28.3. The van der Waals surface area contributed by atoms with Crippen molar-refractivity contribution < 1.29 is 47.9 Å². The van der Waals surface area contributed by atoms with E-state index in [1.165, 1.54) is 19.1 Å². The van der Waals surface area contributed by atoms with Gasteiger partial charge in [0.15, 0.2) is 23.0 Å². The van der Waals surface area contributed by atoms with Crippen molar-refractivity contribution in [3.05, 3.63) is 41.0 Å². The van der Waals surface area contributed by atoms with E-state index in [0.717, 1.165) is 12.8 Å². The lowest BCUT2D eigenvalue weighted by molar-refractivity contribution is -0.140. The maximum atomic E-state index is 13.5. The first kappa shape index (κ1) is 23.3. The second-order valence-corrected chi connectivity index (χ2v) is 8.92. The van der Waals surface area contributed by atoms with Gasteiger partial charge in [-0.15, -0.1) is 0 Å². The Kier molecular flexibility index (Phi) is 5.71. The van der Waals surface area contributed by atoms with Gasteiger partial charge < -0.3 is 43.2 Å². The number of ketones is 1. The number of carbonyl (C=O) groups excluding carboxylic acids is 2. The fourth-order valence-corrected chi connectivity index (χ4v) is 5.20. The van der Waals surface area contributed by atoms with E-state index in [9.17, 15) is 14.7 Å². The smallest absolute Gasteiger partial charge is 0.295 e. The lowest BCUT2D eigenvalue weighted by Gasteiger charge is -2.29. The summed E-state index contributed by atoms with van der Waals surface area (Å²) in [5, 5.41) is 11.5. The molecule has 2 saturated heterocycles. The first-order chi connectivity index (χ1) is 18.0. The van der Waals surface area contributed by atoms with Crippen LogP contribution < -0.4 is 28.4 Å². The van der Waals surface area contributed by atoms with Crippen molar-refractivity contribution in [1.29, 1.82) is 0 Å². The van der Waals surface area contributed by atoms with Gasteiger partial charge in [0.05, 0.1) is 31.9 Å². The van der Waals surface area contributed by atoms with Crippen LogP contribution in [-0.2, 0) is 14.3 Å². The molecule has 0 saturated carbocycles. The lowest BCUT2D eigenvalue weighted by Crippen LogP contribution is -2.36. The molecule has 0 spiro atoms. The van der Waals surface area contributed by atoms with Crippen LogP contribution in [0.15, 0.2) is 29.8 Å². The first-order valence-electron chi connectivity index (χ1n) is 11.9. The summed E-state index contributed by atoms with van der Waals surface area (Å²) in [5.74, 6) is 0.292. The highest BCUT2D eigenvalue weighted by Crippen LogP contribution is 2.54. The van der Waals surface area contributed by atoms with Crippen molar-refractivity contribution >= 4 is 17.4 Å². The predicted octanol–water partition coefficient (Wildman–Crippen LogP) is 2.76. The number of carbonyl (C=O) groups is 2. The molecular formula is C26H25NO10. The minimum atomic E-state index is -1.01. The van der Waals surface area contributed by atoms with Crippen LogP contribution in [0.5, 0.6) is 34.5 Å². The number of ether oxygens (including phenoxy) is 7. The maximum Gasteiger partial charge on any atom is 0.295 e. The maximum absolute atomic E-state index is 13.5. The monoisotopic (exact) mass is 511 g/mol. The molecule has 37 heavy (non-hydrogen) atoms. The van der Waals surface area contributed by atoms with E-state index in [4.69, 9.17) is 33.2 Å². The molecule has 0 bridgehead atoms. The molecular weight excluding hydrogens is 486 g/mol. The molecule has 4 heterocycles. The standard InChI is InChI=1S/C26H25NO10/c1-31-18-9-15(23(32-2)25-24(18)36-12-37-25)20-19(21(28)13-5-6-16-17(8-13)35-11-34-16)22(29)26(30)27(20)10-14-4-3-7-33-14/h5-6,8-9,14,20,28H,3-4,7,10-12H2,1-2H3/t14-,20-/m1/s1. The number of likely N-dealkylation sites (tertiary alicyclic amines) is 1. The summed E-state index contributed by atoms with van der Waals surface area (Å²) >= 11 is 0. The van der Waals surface area contributed by atoms with E-state index in [-0.39, 0.29) is 43.3 Å². The molecule has 11 nitrogen and oxygen atoms in total. The highest BCUT2D eigenvalue weighted by Gasteiger charge is 2.49. The van der Waals surface area contributed by atoms with Crippen molar-refractivity contribution in [2.24, 2.45) is 0 Å². The highest BCUT2D eigenvalue weighted by atomic mass is 16.7. The van der Waals surface area contributed by atoms with Gasteiger partial charge in [-0.25, -0.2) is 0 Å². The van der Waals surface area contributed by atoms with Gasteiger partial charge >= 0.3 is 0 Å². The minimum absolute atomic E-state index is 0.0429. The zero-order valence-electron chi connectivity index (χ0n) is 20.3. The van der Waals surface area contributed by atoms with Crippen LogP contribution in [0.3, 0.4) is 0 Å². The summed E-state index contributed by atoms with van der Waals surface area (Å²) in [5.41, 5.74) is 0.611. The molecule has 1 amide bonds. The first-order valence-corrected chi connectivity index (χ1v) is 11.9. The van der Waals surface area contributed by atoms with Gasteiger partial charge in [-0.2, -0.15) is 0 Å². The summed E-state index contributed by atoms with van der Waals surface area (Å²) in [6.07, 6.45) is 1.37. The Bertz CT molecular complexity index is 1310. The normalized spacial score (nSPS) is 23.1. The van der Waals surface area contributed by atoms with Crippen LogP contribution in [0, 0.1) is 0 Å². The van der Waals surface area contributed by atoms with Crippen molar-refractivity contribution in [3.8, 4) is 34.5 Å². The zero-order valence-corrected chi connectivity index (χ0v) is 20.3. The third-order valence-electron chi connectivity index (χ3n) is 6.92. The lowest BCUT2D eigenvalue weighted by atomic mass is 9.93. The molecule has 2 atom stereocenters. The molecule has 2 fully saturated rings. The number of aliphatic hydroxyl groups is 1. The fourth-order valence-electron chi connectivity index (χ4n) is 5.20. The topological polar surface area (TPSA) is 122 Å². The number of amides is 1. The molecule has 0 aliphatic carbocycles. The van der Waals surface area contributed by atoms with Crippen LogP contribution in [0.25, 0.3) is 5.76 Å². The van der Waals surface area contributed by atoms with Crippen molar-refractivity contribution in [3.63, 3.8) is 0 Å². The van der Waals surface area contributed by atoms with Crippen LogP contribution in [0.2, 0.25) is 0 Å². The molecule has 6 rings (SSSR count). The Morgan fingerprint density at radius 2 is 1.81 bits per heavy atom. The van der Waals surface area contributed by atoms with Crippen LogP contribution in [0.4, 0.5) is 0 Å². The third kappa shape index (κ3) is 3.69. The zero-order chi connectivity index (χ0) is 25.7. The minimum Gasteiger partial charge on any atom is -0.507 e. The number of methoxy groups -OCH3 is 2. The SMILES string of the molecule is COc1cc([C@@H]2C(=C(O)c3ccc4c(c3)OCO4)C(=O)C(=O)N2C[C@H]2CCCO2)c(OC)c2c1OCO2. The van der Waals surface area contributed by atoms with E-state index in [0.29, 0.717) is 46.5 Å². The molecule has 11 heteroatoms. The van der Waals surface area contributed by atoms with Gasteiger partial charge in [-0.3, -0.25) is 9.59 Å². The van der Waals surface area contributed by atoms with Crippen LogP contribution >= 0.6 is 0 Å². The number of rotatable bonds is 6. The Morgan fingerprint density at radius 3 is 2.57 bits per heavy atom. The molecule has 1 N–H and O–H groups in total. The van der Waals surface area contributed by atoms with Gasteiger partial charge in [0, 0.05) is 24.3 Å². The number of hydrogen-bond donors (Lipinski definition) is 1. The van der Waals surface area contributed by atoms with E-state index in [1.807, 2.05) is 0 Å². The average molecular weight is 511 g/mol. The summed E-state index contributed by atoms with van der Waals surface area (Å²) in [7, 11) is 2.93. The number of benzene rings is 2. The largest absolute Gasteiger partial charge is 0.507 e. The van der Waals surface area contributed by atoms with Crippen molar-refractivity contribution in [2.75, 3.05) is 41.0 Å². The second kappa shape index (κ2) is 9.07. The Hall–Kier alpha value is -4.12. The van der Waals surface area contributed by atoms with Crippen LogP contribution in [0.1, 0.15) is 30.0 Å². The predicted molar refractivity (Wildman–Crippen MR) is 126 cm³/mol. The quantitative estimate of drug-likeness (QED) is 0.352. The van der Waals surface area contributed by atoms with E-state index in [1.54, 1.807) is 24.3 Å². The Labute approximate surface area is 212 Å². The molecule has 194 valence electrons. The van der Waals surface area contributed by atoms with Crippen LogP contribution in [-0.4, -0.2) is 68.8 Å². The molecule has 2 aromatic rings. The molecule has 2 aromatic carbocycles. The van der Waals surface area contributed by atoms with E-state index in [2.05, 4.69) is 0 Å². The third-order valence-corrected chi connectivity index (χ3v) is 6.92. The van der Waals surface area contributed by atoms with Gasteiger partial charge in [-0.05, 0) is 37.1 Å². The molecule has 4 aliphatic heterocycles. The second-order valence-electron chi connectivity index (χ2n) is 8.92. The van der Waals surface area contributed by atoms with Gasteiger partial charge in [0.1, 0.15) is 5.76 Å². The van der Waals surface area contributed by atoms with Gasteiger partial charge in [0.2, 0.25) is 25.1 Å². The number of nitrogens with zero attached hydrogens (tertiary/aromatic N) is 1. The van der Waals surface area contributed by atoms with Crippen molar-refractivity contribution in [1.82, 2.24) is 4.90 Å². The fraction of sp³-hybridized carbons (Fsp3) is 0.385. The summed E-state index contributed by atoms with van der Waals surface area (Å²) in [6, 6.07) is 5.44. The molecule has 0 aromatic heterocycles. The van der Waals surface area contributed by atoms with Gasteiger partial charge in [-0.1, -0.05) is 0 Å². The summed E-state index contributed by atoms with van der Waals surface area (Å²) < 4.78 is 39.0. The summed E-state index contributed by atoms with van der Waals surface area (Å²) in [6.45, 7) is 0.753. The van der Waals surface area contributed by atoms with E-state index < -0.39 is 17.7 Å². The number of aliphatic hydroxyl groups excluding tert-OH is 1. The highest BCUT2D eigenvalue weighted by molar-refractivity contribution is 6.46. The van der Waals surface area contributed by atoms with E-state index >= 15 is 0 Å².